The molecule has 0 amide bonds. The van der Waals surface area contributed by atoms with Crippen molar-refractivity contribution < 1.29 is 14.7 Å². The summed E-state index contributed by atoms with van der Waals surface area (Å²) in [5.41, 5.74) is 2.94. The summed E-state index contributed by atoms with van der Waals surface area (Å²) >= 11 is 0. The maximum Gasteiger partial charge on any atom is 0.335 e. The Balaban J connectivity index is 2.41. The molecule has 0 aliphatic rings. The number of carboxylic acid groups (broad SMARTS) is 1. The summed E-state index contributed by atoms with van der Waals surface area (Å²) < 4.78 is 2.18. The predicted molar refractivity (Wildman–Crippen MR) is 86.7 cm³/mol. The van der Waals surface area contributed by atoms with Gasteiger partial charge in [0.05, 0.1) is 5.56 Å². The Morgan fingerprint density at radius 1 is 1.00 bits per heavy atom. The van der Waals surface area contributed by atoms with Crippen molar-refractivity contribution in [3.05, 3.63) is 47.5 Å². The number of Topliss-reactive ketones (excluding diaryl/α,β-unsaturated/α-hetero) is 1. The third-order valence-corrected chi connectivity index (χ3v) is 3.97. The second kappa shape index (κ2) is 5.30. The first-order valence-electron chi connectivity index (χ1n) is 7.33. The highest BCUT2D eigenvalue weighted by atomic mass is 16.4. The Kier molecular flexibility index (Phi) is 3.45. The van der Waals surface area contributed by atoms with Crippen LogP contribution in [-0.4, -0.2) is 21.4 Å². The molecule has 2 aromatic carbocycles. The van der Waals surface area contributed by atoms with Gasteiger partial charge in [0, 0.05) is 33.9 Å². The van der Waals surface area contributed by atoms with Crippen LogP contribution < -0.4 is 0 Å². The third-order valence-electron chi connectivity index (χ3n) is 3.97. The highest BCUT2D eigenvalue weighted by molar-refractivity contribution is 6.12. The van der Waals surface area contributed by atoms with Gasteiger partial charge in [-0.2, -0.15) is 0 Å². The summed E-state index contributed by atoms with van der Waals surface area (Å²) in [4.78, 5) is 22.9. The van der Waals surface area contributed by atoms with Crippen molar-refractivity contribution in [2.24, 2.45) is 0 Å². The van der Waals surface area contributed by atoms with Crippen molar-refractivity contribution in [3.8, 4) is 0 Å². The smallest absolute Gasteiger partial charge is 0.335 e. The molecular formula is C18H17NO3. The lowest BCUT2D eigenvalue weighted by Crippen LogP contribution is -1.98. The largest absolute Gasteiger partial charge is 0.478 e. The Morgan fingerprint density at radius 2 is 1.55 bits per heavy atom. The molecule has 4 heteroatoms. The normalized spacial score (nSPS) is 11.2. The number of carbonyl (C=O) groups excluding carboxylic acids is 1. The van der Waals surface area contributed by atoms with E-state index in [-0.39, 0.29) is 11.3 Å². The van der Waals surface area contributed by atoms with E-state index in [4.69, 9.17) is 0 Å². The SMILES string of the molecule is CCCn1c2ccc(C(C)=O)cc2c2cc(C(=O)O)ccc21. The second-order valence-electron chi connectivity index (χ2n) is 5.48. The van der Waals surface area contributed by atoms with Gasteiger partial charge in [0.25, 0.3) is 0 Å². The molecule has 22 heavy (non-hydrogen) atoms. The highest BCUT2D eigenvalue weighted by Gasteiger charge is 2.14. The van der Waals surface area contributed by atoms with Gasteiger partial charge in [-0.25, -0.2) is 4.79 Å². The van der Waals surface area contributed by atoms with Gasteiger partial charge in [-0.05, 0) is 49.7 Å². The molecule has 0 radical (unpaired) electrons. The molecule has 3 rings (SSSR count). The summed E-state index contributed by atoms with van der Waals surface area (Å²) in [6, 6.07) is 10.8. The molecule has 0 unspecified atom stereocenters. The Labute approximate surface area is 128 Å². The van der Waals surface area contributed by atoms with Crippen molar-refractivity contribution in [2.75, 3.05) is 0 Å². The molecule has 0 aliphatic carbocycles. The fourth-order valence-corrected chi connectivity index (χ4v) is 2.92. The van der Waals surface area contributed by atoms with Gasteiger partial charge >= 0.3 is 5.97 Å². The van der Waals surface area contributed by atoms with Gasteiger partial charge < -0.3 is 9.67 Å². The Morgan fingerprint density at radius 3 is 2.05 bits per heavy atom. The molecule has 0 aliphatic heterocycles. The monoisotopic (exact) mass is 295 g/mol. The molecule has 0 bridgehead atoms. The maximum absolute atomic E-state index is 11.6. The number of aromatic nitrogens is 1. The van der Waals surface area contributed by atoms with Crippen LogP contribution in [0.4, 0.5) is 0 Å². The van der Waals surface area contributed by atoms with E-state index in [0.29, 0.717) is 5.56 Å². The number of aromatic carboxylic acids is 1. The van der Waals surface area contributed by atoms with Crippen molar-refractivity contribution >= 4 is 33.6 Å². The van der Waals surface area contributed by atoms with Crippen LogP contribution in [0.1, 0.15) is 41.0 Å². The summed E-state index contributed by atoms with van der Waals surface area (Å²) in [6.07, 6.45) is 0.980. The lowest BCUT2D eigenvalue weighted by Gasteiger charge is -2.05. The van der Waals surface area contributed by atoms with E-state index in [1.54, 1.807) is 12.1 Å². The number of ketones is 1. The molecule has 1 heterocycles. The van der Waals surface area contributed by atoms with Crippen LogP contribution in [0.5, 0.6) is 0 Å². The van der Waals surface area contributed by atoms with E-state index in [1.165, 1.54) is 6.92 Å². The van der Waals surface area contributed by atoms with Gasteiger partial charge in [0.15, 0.2) is 5.78 Å². The summed E-state index contributed by atoms with van der Waals surface area (Å²) in [6.45, 7) is 4.49. The molecule has 4 nitrogen and oxygen atoms in total. The van der Waals surface area contributed by atoms with Gasteiger partial charge in [0.1, 0.15) is 0 Å². The van der Waals surface area contributed by atoms with Gasteiger partial charge in [-0.15, -0.1) is 0 Å². The molecule has 0 atom stereocenters. The fraction of sp³-hybridized carbons (Fsp3) is 0.222. The summed E-state index contributed by atoms with van der Waals surface area (Å²) in [5.74, 6) is -0.936. The molecule has 0 spiro atoms. The summed E-state index contributed by atoms with van der Waals surface area (Å²) in [7, 11) is 0. The standard InChI is InChI=1S/C18H17NO3/c1-3-8-19-16-6-4-12(11(2)20)9-14(16)15-10-13(18(21)22)5-7-17(15)19/h4-7,9-10H,3,8H2,1-2H3,(H,21,22). The number of hydrogen-bond donors (Lipinski definition) is 1. The fourth-order valence-electron chi connectivity index (χ4n) is 2.92. The molecular weight excluding hydrogens is 278 g/mol. The first-order valence-corrected chi connectivity index (χ1v) is 7.33. The van der Waals surface area contributed by atoms with Crippen molar-refractivity contribution in [1.29, 1.82) is 0 Å². The zero-order chi connectivity index (χ0) is 15.9. The number of hydrogen-bond acceptors (Lipinski definition) is 2. The van der Waals surface area contributed by atoms with Crippen molar-refractivity contribution in [1.82, 2.24) is 4.57 Å². The number of rotatable bonds is 4. The van der Waals surface area contributed by atoms with Crippen LogP contribution >= 0.6 is 0 Å². The van der Waals surface area contributed by atoms with Crippen LogP contribution in [-0.2, 0) is 6.54 Å². The van der Waals surface area contributed by atoms with Crippen LogP contribution in [0.15, 0.2) is 36.4 Å². The van der Waals surface area contributed by atoms with E-state index >= 15 is 0 Å². The number of carbonyl (C=O) groups is 2. The average Bonchev–Trinajstić information content (AvgIpc) is 2.81. The minimum absolute atomic E-state index is 0.00711. The van der Waals surface area contributed by atoms with E-state index in [0.717, 1.165) is 34.8 Å². The zero-order valence-corrected chi connectivity index (χ0v) is 12.6. The van der Waals surface area contributed by atoms with Crippen molar-refractivity contribution in [3.63, 3.8) is 0 Å². The Hall–Kier alpha value is -2.62. The van der Waals surface area contributed by atoms with E-state index in [1.807, 2.05) is 24.3 Å². The van der Waals surface area contributed by atoms with E-state index < -0.39 is 5.97 Å². The topological polar surface area (TPSA) is 59.3 Å². The summed E-state index contributed by atoms with van der Waals surface area (Å²) in [5, 5.41) is 11.0. The number of aryl methyl sites for hydroxylation is 1. The molecule has 0 saturated heterocycles. The quantitative estimate of drug-likeness (QED) is 0.737. The molecule has 1 aromatic heterocycles. The maximum atomic E-state index is 11.6. The van der Waals surface area contributed by atoms with Crippen LogP contribution in [0.3, 0.4) is 0 Å². The number of fused-ring (bicyclic) bond motifs is 3. The molecule has 3 aromatic rings. The van der Waals surface area contributed by atoms with Gasteiger partial charge in [-0.1, -0.05) is 6.92 Å². The van der Waals surface area contributed by atoms with E-state index in [2.05, 4.69) is 11.5 Å². The van der Waals surface area contributed by atoms with E-state index in [9.17, 15) is 14.7 Å². The molecule has 112 valence electrons. The minimum atomic E-state index is -0.944. The minimum Gasteiger partial charge on any atom is -0.478 e. The zero-order valence-electron chi connectivity index (χ0n) is 12.6. The Bertz CT molecular complexity index is 834. The predicted octanol–water partition coefficient (Wildman–Crippen LogP) is 4.11. The number of nitrogens with zero attached hydrogens (tertiary/aromatic N) is 1. The van der Waals surface area contributed by atoms with Crippen LogP contribution in [0.2, 0.25) is 0 Å². The van der Waals surface area contributed by atoms with Crippen molar-refractivity contribution in [2.45, 2.75) is 26.8 Å². The molecule has 0 fully saturated rings. The van der Waals surface area contributed by atoms with Crippen LogP contribution in [0.25, 0.3) is 21.8 Å². The van der Waals surface area contributed by atoms with Gasteiger partial charge in [0.2, 0.25) is 0 Å². The lowest BCUT2D eigenvalue weighted by atomic mass is 10.1. The van der Waals surface area contributed by atoms with Gasteiger partial charge in [-0.3, -0.25) is 4.79 Å². The average molecular weight is 295 g/mol. The third kappa shape index (κ3) is 2.17. The number of benzene rings is 2. The lowest BCUT2D eigenvalue weighted by molar-refractivity contribution is 0.0697. The highest BCUT2D eigenvalue weighted by Crippen LogP contribution is 2.31. The molecule has 1 N–H and O–H groups in total. The first kappa shape index (κ1) is 14.3. The number of carboxylic acids is 1. The molecule has 0 saturated carbocycles. The van der Waals surface area contributed by atoms with Crippen LogP contribution in [0, 0.1) is 0 Å². The first-order chi connectivity index (χ1) is 10.5. The second-order valence-corrected chi connectivity index (χ2v) is 5.48.